The highest BCUT2D eigenvalue weighted by atomic mass is 32.2. The number of aromatic nitrogens is 1. The number of carbonyl (C=O) groups excluding carboxylic acids is 1. The molecule has 7 heteroatoms. The largest absolute Gasteiger partial charge is 0.444 e. The fourth-order valence-electron chi connectivity index (χ4n) is 2.84. The van der Waals surface area contributed by atoms with Crippen molar-refractivity contribution in [3.8, 4) is 0 Å². The van der Waals surface area contributed by atoms with E-state index in [-0.39, 0.29) is 23.5 Å². The van der Waals surface area contributed by atoms with Crippen molar-refractivity contribution in [2.75, 3.05) is 18.8 Å². The first-order valence-corrected chi connectivity index (χ1v) is 10.0. The Hall–Kier alpha value is -1.63. The standard InChI is InChI=1S/C17H26N2O4S/c1-17(2,3)23-16(20)19-10-4-5-15(11-19)13-24(21,22)12-14-6-8-18-9-7-14/h6-9,15H,4-5,10-13H2,1-3H3/t15-/m0/s1. The molecule has 0 aliphatic carbocycles. The van der Waals surface area contributed by atoms with Crippen LogP contribution in [0.4, 0.5) is 4.79 Å². The molecule has 1 atom stereocenters. The first-order chi connectivity index (χ1) is 11.1. The summed E-state index contributed by atoms with van der Waals surface area (Å²) < 4.78 is 30.2. The molecule has 6 nitrogen and oxygen atoms in total. The number of carbonyl (C=O) groups is 1. The Kier molecular flexibility index (Phi) is 5.85. The summed E-state index contributed by atoms with van der Waals surface area (Å²) in [6, 6.07) is 3.43. The summed E-state index contributed by atoms with van der Waals surface area (Å²) in [7, 11) is -3.23. The Morgan fingerprint density at radius 1 is 1.33 bits per heavy atom. The van der Waals surface area contributed by atoms with E-state index < -0.39 is 15.4 Å². The van der Waals surface area contributed by atoms with Gasteiger partial charge in [-0.15, -0.1) is 0 Å². The van der Waals surface area contributed by atoms with E-state index in [1.807, 2.05) is 20.8 Å². The van der Waals surface area contributed by atoms with Gasteiger partial charge < -0.3 is 9.64 Å². The molecule has 1 aromatic rings. The van der Waals surface area contributed by atoms with Gasteiger partial charge in [0.2, 0.25) is 0 Å². The van der Waals surface area contributed by atoms with Crippen molar-refractivity contribution in [1.82, 2.24) is 9.88 Å². The predicted molar refractivity (Wildman–Crippen MR) is 92.3 cm³/mol. The Morgan fingerprint density at radius 2 is 2.00 bits per heavy atom. The summed E-state index contributed by atoms with van der Waals surface area (Å²) in [4.78, 5) is 17.7. The fraction of sp³-hybridized carbons (Fsp3) is 0.647. The molecule has 1 aliphatic rings. The van der Waals surface area contributed by atoms with Crippen molar-refractivity contribution in [2.24, 2.45) is 5.92 Å². The van der Waals surface area contributed by atoms with Gasteiger partial charge in [-0.05, 0) is 57.2 Å². The molecule has 0 unspecified atom stereocenters. The quantitative estimate of drug-likeness (QED) is 0.831. The predicted octanol–water partition coefficient (Wildman–Crippen LogP) is 2.64. The van der Waals surface area contributed by atoms with E-state index in [1.54, 1.807) is 29.4 Å². The SMILES string of the molecule is CC(C)(C)OC(=O)N1CCC[C@H](CS(=O)(=O)Cc2ccncc2)C1. The van der Waals surface area contributed by atoms with Crippen molar-refractivity contribution < 1.29 is 17.9 Å². The molecule has 0 bridgehead atoms. The number of hydrogen-bond acceptors (Lipinski definition) is 5. The summed E-state index contributed by atoms with van der Waals surface area (Å²) >= 11 is 0. The molecule has 1 aromatic heterocycles. The molecular weight excluding hydrogens is 328 g/mol. The van der Waals surface area contributed by atoms with Crippen LogP contribution in [-0.4, -0.2) is 48.8 Å². The maximum absolute atomic E-state index is 12.4. The van der Waals surface area contributed by atoms with Gasteiger partial charge in [-0.1, -0.05) is 0 Å². The monoisotopic (exact) mass is 354 g/mol. The molecule has 0 radical (unpaired) electrons. The summed E-state index contributed by atoms with van der Waals surface area (Å²) in [5.74, 6) is 0.0608. The van der Waals surface area contributed by atoms with Crippen molar-refractivity contribution >= 4 is 15.9 Å². The van der Waals surface area contributed by atoms with Crippen LogP contribution >= 0.6 is 0 Å². The van der Waals surface area contributed by atoms with Gasteiger partial charge in [-0.3, -0.25) is 4.98 Å². The third-order valence-electron chi connectivity index (χ3n) is 3.80. The molecule has 0 saturated carbocycles. The average Bonchev–Trinajstić information content (AvgIpc) is 2.45. The molecule has 2 heterocycles. The molecular formula is C17H26N2O4S. The van der Waals surface area contributed by atoms with Crippen LogP contribution < -0.4 is 0 Å². The number of rotatable bonds is 4. The van der Waals surface area contributed by atoms with Gasteiger partial charge >= 0.3 is 6.09 Å². The fourth-order valence-corrected chi connectivity index (χ4v) is 4.65. The van der Waals surface area contributed by atoms with Crippen LogP contribution in [-0.2, 0) is 20.3 Å². The van der Waals surface area contributed by atoms with Crippen molar-refractivity contribution in [3.05, 3.63) is 30.1 Å². The van der Waals surface area contributed by atoms with Gasteiger partial charge in [0.15, 0.2) is 9.84 Å². The minimum Gasteiger partial charge on any atom is -0.444 e. The van der Waals surface area contributed by atoms with Gasteiger partial charge in [-0.2, -0.15) is 0 Å². The first-order valence-electron chi connectivity index (χ1n) is 8.22. The first kappa shape index (κ1) is 18.7. The van der Waals surface area contributed by atoms with E-state index in [0.717, 1.165) is 18.4 Å². The third kappa shape index (κ3) is 6.11. The van der Waals surface area contributed by atoms with Crippen LogP contribution in [0.1, 0.15) is 39.2 Å². The number of nitrogens with zero attached hydrogens (tertiary/aromatic N) is 2. The minimum absolute atomic E-state index is 0.0124. The maximum atomic E-state index is 12.4. The third-order valence-corrected chi connectivity index (χ3v) is 5.55. The Labute approximate surface area is 144 Å². The Morgan fingerprint density at radius 3 is 2.62 bits per heavy atom. The zero-order valence-corrected chi connectivity index (χ0v) is 15.4. The molecule has 24 heavy (non-hydrogen) atoms. The maximum Gasteiger partial charge on any atom is 0.410 e. The lowest BCUT2D eigenvalue weighted by Gasteiger charge is -2.34. The number of amides is 1. The molecule has 1 saturated heterocycles. The molecule has 2 rings (SSSR count). The number of ether oxygens (including phenoxy) is 1. The van der Waals surface area contributed by atoms with Gasteiger partial charge in [0.05, 0.1) is 11.5 Å². The molecule has 0 spiro atoms. The van der Waals surface area contributed by atoms with Crippen molar-refractivity contribution in [1.29, 1.82) is 0 Å². The summed E-state index contributed by atoms with van der Waals surface area (Å²) in [5, 5.41) is 0. The van der Waals surface area contributed by atoms with Crippen molar-refractivity contribution in [2.45, 2.75) is 45.0 Å². The van der Waals surface area contributed by atoms with Gasteiger partial charge in [-0.25, -0.2) is 13.2 Å². The zero-order chi connectivity index (χ0) is 17.8. The summed E-state index contributed by atoms with van der Waals surface area (Å²) in [5.41, 5.74) is 0.196. The molecule has 1 aliphatic heterocycles. The highest BCUT2D eigenvalue weighted by molar-refractivity contribution is 7.90. The molecule has 0 N–H and O–H groups in total. The van der Waals surface area contributed by atoms with Crippen LogP contribution in [0, 0.1) is 5.92 Å². The van der Waals surface area contributed by atoms with E-state index >= 15 is 0 Å². The molecule has 0 aromatic carbocycles. The second-order valence-corrected chi connectivity index (χ2v) is 9.45. The molecule has 134 valence electrons. The zero-order valence-electron chi connectivity index (χ0n) is 14.6. The van der Waals surface area contributed by atoms with E-state index in [9.17, 15) is 13.2 Å². The highest BCUT2D eigenvalue weighted by Crippen LogP contribution is 2.22. The van der Waals surface area contributed by atoms with E-state index in [4.69, 9.17) is 4.74 Å². The second-order valence-electron chi connectivity index (χ2n) is 7.34. The highest BCUT2D eigenvalue weighted by Gasteiger charge is 2.30. The van der Waals surface area contributed by atoms with Crippen LogP contribution in [0.3, 0.4) is 0 Å². The number of likely N-dealkylation sites (tertiary alicyclic amines) is 1. The van der Waals surface area contributed by atoms with E-state index in [0.29, 0.717) is 13.1 Å². The normalized spacial score (nSPS) is 19.1. The van der Waals surface area contributed by atoms with Crippen LogP contribution in [0.2, 0.25) is 0 Å². The number of hydrogen-bond donors (Lipinski definition) is 0. The molecule has 1 fully saturated rings. The minimum atomic E-state index is -3.23. The van der Waals surface area contributed by atoms with Crippen LogP contribution in [0.15, 0.2) is 24.5 Å². The van der Waals surface area contributed by atoms with Gasteiger partial charge in [0, 0.05) is 25.5 Å². The second kappa shape index (κ2) is 7.51. The van der Waals surface area contributed by atoms with Crippen molar-refractivity contribution in [3.63, 3.8) is 0 Å². The average molecular weight is 354 g/mol. The van der Waals surface area contributed by atoms with Gasteiger partial charge in [0.25, 0.3) is 0 Å². The number of piperidine rings is 1. The Balaban J connectivity index is 1.93. The lowest BCUT2D eigenvalue weighted by atomic mass is 10.0. The topological polar surface area (TPSA) is 76.6 Å². The molecule has 1 amide bonds. The van der Waals surface area contributed by atoms with E-state index in [2.05, 4.69) is 4.98 Å². The van der Waals surface area contributed by atoms with E-state index in [1.165, 1.54) is 0 Å². The number of sulfone groups is 1. The lowest BCUT2D eigenvalue weighted by Crippen LogP contribution is -2.44. The van der Waals surface area contributed by atoms with Gasteiger partial charge in [0.1, 0.15) is 5.60 Å². The van der Waals surface area contributed by atoms with Crippen LogP contribution in [0.5, 0.6) is 0 Å². The number of pyridine rings is 1. The Bertz CT molecular complexity index is 653. The summed E-state index contributed by atoms with van der Waals surface area (Å²) in [6.45, 7) is 6.53. The summed E-state index contributed by atoms with van der Waals surface area (Å²) in [6.07, 6.45) is 4.44. The van der Waals surface area contributed by atoms with Crippen LogP contribution in [0.25, 0.3) is 0 Å². The smallest absolute Gasteiger partial charge is 0.410 e. The lowest BCUT2D eigenvalue weighted by molar-refractivity contribution is 0.0176.